The van der Waals surface area contributed by atoms with Gasteiger partial charge in [-0.3, -0.25) is 0 Å². The fourth-order valence-electron chi connectivity index (χ4n) is 1.12. The predicted octanol–water partition coefficient (Wildman–Crippen LogP) is 1.69. The standard InChI is InChI=1S/C13H29NO3/c1-12(13(2,3)4)14-6-7-16-10-11-17-9-8-15-5/h12,14H,6-11H2,1-5H3. The van der Waals surface area contributed by atoms with Crippen molar-refractivity contribution in [3.05, 3.63) is 0 Å². The summed E-state index contributed by atoms with van der Waals surface area (Å²) in [6.45, 7) is 13.1. The van der Waals surface area contributed by atoms with Gasteiger partial charge in [-0.15, -0.1) is 0 Å². The summed E-state index contributed by atoms with van der Waals surface area (Å²) in [6.07, 6.45) is 0. The lowest BCUT2D eigenvalue weighted by Crippen LogP contribution is -2.39. The number of hydrogen-bond donors (Lipinski definition) is 1. The van der Waals surface area contributed by atoms with Crippen LogP contribution in [0.4, 0.5) is 0 Å². The Bertz CT molecular complexity index is 169. The summed E-state index contributed by atoms with van der Waals surface area (Å²) >= 11 is 0. The van der Waals surface area contributed by atoms with Crippen LogP contribution >= 0.6 is 0 Å². The molecule has 1 atom stereocenters. The molecule has 0 bridgehead atoms. The maximum Gasteiger partial charge on any atom is 0.0701 e. The molecule has 17 heavy (non-hydrogen) atoms. The topological polar surface area (TPSA) is 39.7 Å². The minimum Gasteiger partial charge on any atom is -0.382 e. The smallest absolute Gasteiger partial charge is 0.0701 e. The Morgan fingerprint density at radius 2 is 1.47 bits per heavy atom. The molecule has 0 aromatic rings. The molecule has 1 unspecified atom stereocenters. The van der Waals surface area contributed by atoms with Crippen LogP contribution in [-0.4, -0.2) is 52.7 Å². The first-order valence-corrected chi connectivity index (χ1v) is 6.36. The molecule has 104 valence electrons. The third kappa shape index (κ3) is 10.7. The lowest BCUT2D eigenvalue weighted by atomic mass is 9.88. The summed E-state index contributed by atoms with van der Waals surface area (Å²) in [4.78, 5) is 0. The highest BCUT2D eigenvalue weighted by molar-refractivity contribution is 4.75. The van der Waals surface area contributed by atoms with Gasteiger partial charge in [-0.2, -0.15) is 0 Å². The van der Waals surface area contributed by atoms with Gasteiger partial charge in [0.2, 0.25) is 0 Å². The largest absolute Gasteiger partial charge is 0.382 e. The molecule has 0 heterocycles. The van der Waals surface area contributed by atoms with Gasteiger partial charge in [0.1, 0.15) is 0 Å². The molecule has 0 aromatic carbocycles. The van der Waals surface area contributed by atoms with E-state index in [1.807, 2.05) is 0 Å². The fraction of sp³-hybridized carbons (Fsp3) is 1.00. The molecule has 0 radical (unpaired) electrons. The van der Waals surface area contributed by atoms with E-state index in [0.29, 0.717) is 37.9 Å². The molecule has 1 N–H and O–H groups in total. The number of rotatable bonds is 10. The van der Waals surface area contributed by atoms with E-state index in [0.717, 1.165) is 13.2 Å². The van der Waals surface area contributed by atoms with Crippen molar-refractivity contribution in [3.8, 4) is 0 Å². The second-order valence-corrected chi connectivity index (χ2v) is 5.26. The maximum absolute atomic E-state index is 5.45. The van der Waals surface area contributed by atoms with Crippen molar-refractivity contribution in [3.63, 3.8) is 0 Å². The average molecular weight is 247 g/mol. The molecule has 0 fully saturated rings. The van der Waals surface area contributed by atoms with Crippen LogP contribution in [0.15, 0.2) is 0 Å². The van der Waals surface area contributed by atoms with Crippen LogP contribution in [0.25, 0.3) is 0 Å². The van der Waals surface area contributed by atoms with E-state index >= 15 is 0 Å². The average Bonchev–Trinajstić information content (AvgIpc) is 2.25. The zero-order valence-electron chi connectivity index (χ0n) is 12.0. The zero-order valence-corrected chi connectivity index (χ0v) is 12.0. The summed E-state index contributed by atoms with van der Waals surface area (Å²) < 4.78 is 15.6. The molecule has 0 rings (SSSR count). The van der Waals surface area contributed by atoms with Crippen molar-refractivity contribution in [1.29, 1.82) is 0 Å². The van der Waals surface area contributed by atoms with Gasteiger partial charge in [0.15, 0.2) is 0 Å². The van der Waals surface area contributed by atoms with Crippen LogP contribution < -0.4 is 5.32 Å². The molecule has 0 saturated carbocycles. The predicted molar refractivity (Wildman–Crippen MR) is 70.4 cm³/mol. The molecular formula is C13H29NO3. The van der Waals surface area contributed by atoms with Gasteiger partial charge >= 0.3 is 0 Å². The Hall–Kier alpha value is -0.160. The SMILES string of the molecule is COCCOCCOCCNC(C)C(C)(C)C. The fourth-order valence-corrected chi connectivity index (χ4v) is 1.12. The molecule has 0 amide bonds. The summed E-state index contributed by atoms with van der Waals surface area (Å²) in [5.74, 6) is 0. The van der Waals surface area contributed by atoms with Gasteiger partial charge in [0, 0.05) is 19.7 Å². The van der Waals surface area contributed by atoms with Crippen LogP contribution in [-0.2, 0) is 14.2 Å². The number of hydrogen-bond acceptors (Lipinski definition) is 4. The minimum absolute atomic E-state index is 0.295. The van der Waals surface area contributed by atoms with E-state index in [1.54, 1.807) is 7.11 Å². The Kier molecular flexibility index (Phi) is 9.74. The van der Waals surface area contributed by atoms with Crippen molar-refractivity contribution < 1.29 is 14.2 Å². The van der Waals surface area contributed by atoms with Crippen LogP contribution in [0.5, 0.6) is 0 Å². The van der Waals surface area contributed by atoms with E-state index in [1.165, 1.54) is 0 Å². The molecule has 0 aromatic heterocycles. The van der Waals surface area contributed by atoms with Crippen molar-refractivity contribution in [2.24, 2.45) is 5.41 Å². The minimum atomic E-state index is 0.295. The van der Waals surface area contributed by atoms with Gasteiger partial charge in [0.05, 0.1) is 33.0 Å². The molecule has 0 aliphatic carbocycles. The van der Waals surface area contributed by atoms with E-state index in [2.05, 4.69) is 33.0 Å². The molecule has 0 aliphatic heterocycles. The third-order valence-corrected chi connectivity index (χ3v) is 2.80. The molecule has 0 aliphatic rings. The first kappa shape index (κ1) is 16.8. The Labute approximate surface area is 106 Å². The Morgan fingerprint density at radius 3 is 2.00 bits per heavy atom. The zero-order chi connectivity index (χ0) is 13.1. The van der Waals surface area contributed by atoms with Crippen LogP contribution in [0.3, 0.4) is 0 Å². The van der Waals surface area contributed by atoms with Crippen molar-refractivity contribution in [2.75, 3.05) is 46.7 Å². The summed E-state index contributed by atoms with van der Waals surface area (Å²) in [7, 11) is 1.67. The van der Waals surface area contributed by atoms with Crippen LogP contribution in [0, 0.1) is 5.41 Å². The highest BCUT2D eigenvalue weighted by Gasteiger charge is 2.18. The first-order chi connectivity index (χ1) is 7.98. The maximum atomic E-state index is 5.45. The third-order valence-electron chi connectivity index (χ3n) is 2.80. The van der Waals surface area contributed by atoms with Crippen molar-refractivity contribution in [1.82, 2.24) is 5.32 Å². The van der Waals surface area contributed by atoms with Gasteiger partial charge in [-0.25, -0.2) is 0 Å². The molecule has 0 saturated heterocycles. The van der Waals surface area contributed by atoms with E-state index in [4.69, 9.17) is 14.2 Å². The van der Waals surface area contributed by atoms with Gasteiger partial charge in [0.25, 0.3) is 0 Å². The number of ether oxygens (including phenoxy) is 3. The number of methoxy groups -OCH3 is 1. The molecule has 4 nitrogen and oxygen atoms in total. The Morgan fingerprint density at radius 1 is 0.941 bits per heavy atom. The first-order valence-electron chi connectivity index (χ1n) is 6.36. The summed E-state index contributed by atoms with van der Waals surface area (Å²) in [5.41, 5.74) is 0.295. The molecule has 0 spiro atoms. The monoisotopic (exact) mass is 247 g/mol. The van der Waals surface area contributed by atoms with Crippen molar-refractivity contribution >= 4 is 0 Å². The lowest BCUT2D eigenvalue weighted by molar-refractivity contribution is 0.0247. The molecular weight excluding hydrogens is 218 g/mol. The summed E-state index contributed by atoms with van der Waals surface area (Å²) in [6, 6.07) is 0.490. The highest BCUT2D eigenvalue weighted by atomic mass is 16.5. The lowest BCUT2D eigenvalue weighted by Gasteiger charge is -2.28. The van der Waals surface area contributed by atoms with Gasteiger partial charge in [-0.05, 0) is 12.3 Å². The second kappa shape index (κ2) is 9.83. The second-order valence-electron chi connectivity index (χ2n) is 5.26. The van der Waals surface area contributed by atoms with E-state index < -0.39 is 0 Å². The van der Waals surface area contributed by atoms with E-state index in [9.17, 15) is 0 Å². The normalized spacial score (nSPS) is 13.9. The van der Waals surface area contributed by atoms with Gasteiger partial charge in [-0.1, -0.05) is 20.8 Å². The quantitative estimate of drug-likeness (QED) is 0.596. The number of nitrogens with one attached hydrogen (secondary N) is 1. The Balaban J connectivity index is 3.19. The summed E-state index contributed by atoms with van der Waals surface area (Å²) in [5, 5.41) is 3.45. The highest BCUT2D eigenvalue weighted by Crippen LogP contribution is 2.17. The molecule has 4 heteroatoms. The van der Waals surface area contributed by atoms with Crippen LogP contribution in [0.2, 0.25) is 0 Å². The van der Waals surface area contributed by atoms with Crippen LogP contribution in [0.1, 0.15) is 27.7 Å². The van der Waals surface area contributed by atoms with Crippen molar-refractivity contribution in [2.45, 2.75) is 33.7 Å². The van der Waals surface area contributed by atoms with Gasteiger partial charge < -0.3 is 19.5 Å². The van der Waals surface area contributed by atoms with E-state index in [-0.39, 0.29) is 0 Å².